The molecule has 1 spiro atoms. The molecule has 0 aromatic heterocycles. The van der Waals surface area contributed by atoms with Crippen LogP contribution in [0.25, 0.3) is 0 Å². The Morgan fingerprint density at radius 3 is 2.46 bits per heavy atom. The molecule has 2 aliphatic rings. The second-order valence-corrected chi connectivity index (χ2v) is 7.38. The molecule has 1 aliphatic heterocycles. The average molecular weight is 355 g/mol. The highest BCUT2D eigenvalue weighted by atomic mass is 16.2. The van der Waals surface area contributed by atoms with E-state index >= 15 is 0 Å². The van der Waals surface area contributed by atoms with Gasteiger partial charge >= 0.3 is 0 Å². The van der Waals surface area contributed by atoms with Gasteiger partial charge in [-0.25, -0.2) is 0 Å². The Hall–Kier alpha value is -2.63. The molecular formula is C20H25N3O3. The molecule has 1 aromatic rings. The summed E-state index contributed by atoms with van der Waals surface area (Å²) in [4.78, 5) is 37.8. The molecule has 0 radical (unpaired) electrons. The number of hydrogen-bond donors (Lipinski definition) is 3. The molecule has 4 N–H and O–H groups in total. The number of para-hydroxylation sites is 1. The molecule has 3 rings (SSSR count). The fourth-order valence-electron chi connectivity index (χ4n) is 4.61. The van der Waals surface area contributed by atoms with Crippen LogP contribution in [0.15, 0.2) is 36.5 Å². The molecule has 2 atom stereocenters. The van der Waals surface area contributed by atoms with Crippen LogP contribution in [-0.4, -0.2) is 17.7 Å². The van der Waals surface area contributed by atoms with Gasteiger partial charge in [0.25, 0.3) is 0 Å². The first-order chi connectivity index (χ1) is 12.4. The molecule has 0 unspecified atom stereocenters. The third kappa shape index (κ3) is 3.00. The number of benzene rings is 1. The van der Waals surface area contributed by atoms with Crippen molar-refractivity contribution >= 4 is 23.4 Å². The van der Waals surface area contributed by atoms with Gasteiger partial charge < -0.3 is 16.4 Å². The lowest BCUT2D eigenvalue weighted by atomic mass is 9.56. The fraction of sp³-hybridized carbons (Fsp3) is 0.450. The number of piperidine rings is 1. The fourth-order valence-corrected chi connectivity index (χ4v) is 4.61. The largest absolute Gasteiger partial charge is 0.369 e. The second kappa shape index (κ2) is 6.94. The van der Waals surface area contributed by atoms with Gasteiger partial charge in [-0.1, -0.05) is 44.0 Å². The van der Waals surface area contributed by atoms with E-state index in [0.29, 0.717) is 24.2 Å². The third-order valence-electron chi connectivity index (χ3n) is 5.78. The lowest BCUT2D eigenvalue weighted by molar-refractivity contribution is -0.148. The zero-order valence-corrected chi connectivity index (χ0v) is 15.0. The summed E-state index contributed by atoms with van der Waals surface area (Å²) in [6, 6.07) is 7.49. The number of hydrogen-bond acceptors (Lipinski definition) is 3. The van der Waals surface area contributed by atoms with Crippen LogP contribution in [0.5, 0.6) is 0 Å². The predicted molar refractivity (Wildman–Crippen MR) is 98.8 cm³/mol. The number of aryl methyl sites for hydroxylation is 1. The van der Waals surface area contributed by atoms with Crippen molar-refractivity contribution in [3.8, 4) is 0 Å². The zero-order valence-electron chi connectivity index (χ0n) is 15.0. The Kier molecular flexibility index (Phi) is 4.85. The van der Waals surface area contributed by atoms with Gasteiger partial charge in [0.1, 0.15) is 5.92 Å². The number of rotatable bonds is 3. The molecule has 6 heteroatoms. The molecule has 0 bridgehead atoms. The highest BCUT2D eigenvalue weighted by Crippen LogP contribution is 2.52. The maximum Gasteiger partial charge on any atom is 0.237 e. The zero-order chi connectivity index (χ0) is 18.9. The van der Waals surface area contributed by atoms with Crippen LogP contribution in [0, 0.1) is 24.2 Å². The molecule has 2 fully saturated rings. The van der Waals surface area contributed by atoms with Gasteiger partial charge in [-0.05, 0) is 31.4 Å². The van der Waals surface area contributed by atoms with Crippen molar-refractivity contribution in [1.82, 2.24) is 5.32 Å². The van der Waals surface area contributed by atoms with Crippen molar-refractivity contribution in [2.75, 3.05) is 5.32 Å². The minimum Gasteiger partial charge on any atom is -0.369 e. The van der Waals surface area contributed by atoms with E-state index in [1.165, 1.54) is 0 Å². The predicted octanol–water partition coefficient (Wildman–Crippen LogP) is 2.25. The Bertz CT molecular complexity index is 765. The summed E-state index contributed by atoms with van der Waals surface area (Å²) < 4.78 is 0. The quantitative estimate of drug-likeness (QED) is 0.725. The van der Waals surface area contributed by atoms with E-state index in [0.717, 1.165) is 24.8 Å². The Balaban J connectivity index is 2.00. The molecule has 6 nitrogen and oxygen atoms in total. The van der Waals surface area contributed by atoms with Crippen LogP contribution in [-0.2, 0) is 14.4 Å². The molecule has 1 saturated heterocycles. The number of carbonyl (C=O) groups excluding carboxylic acids is 3. The van der Waals surface area contributed by atoms with Gasteiger partial charge in [0, 0.05) is 16.8 Å². The van der Waals surface area contributed by atoms with Gasteiger partial charge in [-0.2, -0.15) is 0 Å². The minimum absolute atomic E-state index is 0.252. The molecule has 138 valence electrons. The lowest BCUT2D eigenvalue weighted by Gasteiger charge is -2.49. The first-order valence-corrected chi connectivity index (χ1v) is 9.02. The number of amides is 3. The monoisotopic (exact) mass is 355 g/mol. The Morgan fingerprint density at radius 1 is 1.19 bits per heavy atom. The smallest absolute Gasteiger partial charge is 0.237 e. The number of anilines is 1. The van der Waals surface area contributed by atoms with E-state index in [2.05, 4.69) is 17.2 Å². The van der Waals surface area contributed by atoms with E-state index < -0.39 is 29.1 Å². The average Bonchev–Trinajstić information content (AvgIpc) is 2.56. The van der Waals surface area contributed by atoms with Crippen molar-refractivity contribution in [1.29, 1.82) is 0 Å². The van der Waals surface area contributed by atoms with E-state index in [4.69, 9.17) is 5.73 Å². The standard InChI is InChI=1S/C20H25N3O3/c1-12-8-4-5-9-14(12)23-18(25)15-13(2)22-19(26)16(17(21)24)20(15)10-6-3-7-11-20/h4-5,8-9,15-16H,2-3,6-7,10-11H2,1H3,(H2,21,24)(H,22,26)(H,23,25)/t15-,16+/m1/s1. The highest BCUT2D eigenvalue weighted by Gasteiger charge is 2.58. The summed E-state index contributed by atoms with van der Waals surface area (Å²) in [5, 5.41) is 5.57. The van der Waals surface area contributed by atoms with Crippen LogP contribution in [0.1, 0.15) is 37.7 Å². The lowest BCUT2D eigenvalue weighted by Crippen LogP contribution is -2.61. The maximum atomic E-state index is 13.2. The summed E-state index contributed by atoms with van der Waals surface area (Å²) in [5.41, 5.74) is 6.79. The van der Waals surface area contributed by atoms with E-state index in [9.17, 15) is 14.4 Å². The van der Waals surface area contributed by atoms with E-state index in [1.807, 2.05) is 31.2 Å². The van der Waals surface area contributed by atoms with E-state index in [-0.39, 0.29) is 5.91 Å². The van der Waals surface area contributed by atoms with Crippen molar-refractivity contribution in [2.24, 2.45) is 23.0 Å². The van der Waals surface area contributed by atoms with Crippen molar-refractivity contribution in [3.05, 3.63) is 42.1 Å². The SMILES string of the molecule is C=C1NC(=O)[C@H](C(N)=O)C2(CCCCC2)[C@H]1C(=O)Nc1ccccc1C. The Labute approximate surface area is 153 Å². The molecular weight excluding hydrogens is 330 g/mol. The molecule has 1 saturated carbocycles. The van der Waals surface area contributed by atoms with Crippen LogP contribution in [0.4, 0.5) is 5.69 Å². The van der Waals surface area contributed by atoms with E-state index in [1.54, 1.807) is 0 Å². The van der Waals surface area contributed by atoms with Crippen LogP contribution >= 0.6 is 0 Å². The van der Waals surface area contributed by atoms with Crippen LogP contribution in [0.3, 0.4) is 0 Å². The summed E-state index contributed by atoms with van der Waals surface area (Å²) in [6.07, 6.45) is 3.96. The third-order valence-corrected chi connectivity index (χ3v) is 5.78. The van der Waals surface area contributed by atoms with Crippen LogP contribution in [0.2, 0.25) is 0 Å². The van der Waals surface area contributed by atoms with Crippen LogP contribution < -0.4 is 16.4 Å². The molecule has 26 heavy (non-hydrogen) atoms. The molecule has 1 heterocycles. The highest BCUT2D eigenvalue weighted by molar-refractivity contribution is 6.05. The molecule has 1 aromatic carbocycles. The van der Waals surface area contributed by atoms with Crippen molar-refractivity contribution < 1.29 is 14.4 Å². The summed E-state index contributed by atoms with van der Waals surface area (Å²) >= 11 is 0. The van der Waals surface area contributed by atoms with Gasteiger partial charge in [-0.3, -0.25) is 14.4 Å². The number of carbonyl (C=O) groups is 3. The maximum absolute atomic E-state index is 13.2. The van der Waals surface area contributed by atoms with Gasteiger partial charge in [-0.15, -0.1) is 0 Å². The summed E-state index contributed by atoms with van der Waals surface area (Å²) in [7, 11) is 0. The molecule has 3 amide bonds. The summed E-state index contributed by atoms with van der Waals surface area (Å²) in [5.74, 6) is -3.06. The Morgan fingerprint density at radius 2 is 1.85 bits per heavy atom. The van der Waals surface area contributed by atoms with Crippen molar-refractivity contribution in [2.45, 2.75) is 39.0 Å². The van der Waals surface area contributed by atoms with Gasteiger partial charge in [0.15, 0.2) is 0 Å². The first kappa shape index (κ1) is 18.2. The first-order valence-electron chi connectivity index (χ1n) is 9.02. The van der Waals surface area contributed by atoms with Crippen molar-refractivity contribution in [3.63, 3.8) is 0 Å². The topological polar surface area (TPSA) is 101 Å². The van der Waals surface area contributed by atoms with Gasteiger partial charge in [0.2, 0.25) is 17.7 Å². The number of nitrogens with two attached hydrogens (primary N) is 1. The second-order valence-electron chi connectivity index (χ2n) is 7.38. The number of primary amides is 1. The normalized spacial score (nSPS) is 24.8. The summed E-state index contributed by atoms with van der Waals surface area (Å²) in [6.45, 7) is 5.84. The molecule has 1 aliphatic carbocycles. The number of nitrogens with one attached hydrogen (secondary N) is 2. The van der Waals surface area contributed by atoms with Gasteiger partial charge in [0.05, 0.1) is 5.92 Å². The minimum atomic E-state index is -1.01.